The molecule has 0 unspecified atom stereocenters. The molecule has 0 saturated carbocycles. The number of benzene rings is 2. The number of carbonyl (C=O) groups is 2. The Morgan fingerprint density at radius 2 is 1.68 bits per heavy atom. The molecule has 2 aromatic rings. The number of carbonyl (C=O) groups excluding carboxylic acids is 1. The lowest BCUT2D eigenvalue weighted by molar-refractivity contribution is -0.134. The summed E-state index contributed by atoms with van der Waals surface area (Å²) >= 11 is 0. The van der Waals surface area contributed by atoms with Crippen LogP contribution in [0.4, 0.5) is 0 Å². The molecular weight excluding hydrogens is 358 g/mol. The van der Waals surface area contributed by atoms with E-state index in [0.717, 1.165) is 30.6 Å². The van der Waals surface area contributed by atoms with Crippen LogP contribution in [0.5, 0.6) is 11.5 Å². The highest BCUT2D eigenvalue weighted by atomic mass is 16.5. The summed E-state index contributed by atoms with van der Waals surface area (Å²) in [6.45, 7) is 1.36. The van der Waals surface area contributed by atoms with Gasteiger partial charge >= 0.3 is 5.97 Å². The van der Waals surface area contributed by atoms with Crippen LogP contribution < -0.4 is 9.47 Å². The van der Waals surface area contributed by atoms with Crippen LogP contribution >= 0.6 is 0 Å². The van der Waals surface area contributed by atoms with Crippen molar-refractivity contribution in [2.75, 3.05) is 26.8 Å². The standard InChI is InChI=1S/C22H25NO5/c1-27-18-6-8-19(9-7-18)28-15-21(24)23-12-10-16(11-13-23)14-17-4-2-3-5-20(17)22(25)26/h2-9,16H,10-15H2,1H3,(H,25,26). The Balaban J connectivity index is 1.47. The molecule has 28 heavy (non-hydrogen) atoms. The van der Waals surface area contributed by atoms with E-state index in [0.29, 0.717) is 30.3 Å². The van der Waals surface area contributed by atoms with Crippen molar-refractivity contribution in [3.63, 3.8) is 0 Å². The Labute approximate surface area is 164 Å². The minimum absolute atomic E-state index is 0.0127. The number of nitrogens with zero attached hydrogens (tertiary/aromatic N) is 1. The molecule has 1 aliphatic rings. The average Bonchev–Trinajstić information content (AvgIpc) is 2.73. The van der Waals surface area contributed by atoms with Gasteiger partial charge in [0.15, 0.2) is 6.61 Å². The van der Waals surface area contributed by atoms with Crippen LogP contribution in [0.1, 0.15) is 28.8 Å². The third-order valence-corrected chi connectivity index (χ3v) is 5.15. The van der Waals surface area contributed by atoms with Gasteiger partial charge < -0.3 is 19.5 Å². The maximum absolute atomic E-state index is 12.4. The molecule has 2 aromatic carbocycles. The largest absolute Gasteiger partial charge is 0.497 e. The third kappa shape index (κ3) is 5.03. The van der Waals surface area contributed by atoms with Gasteiger partial charge in [-0.1, -0.05) is 18.2 Å². The van der Waals surface area contributed by atoms with Crippen molar-refractivity contribution in [1.82, 2.24) is 4.90 Å². The molecule has 148 valence electrons. The smallest absolute Gasteiger partial charge is 0.335 e. The van der Waals surface area contributed by atoms with Gasteiger partial charge in [0, 0.05) is 13.1 Å². The van der Waals surface area contributed by atoms with Crippen molar-refractivity contribution >= 4 is 11.9 Å². The van der Waals surface area contributed by atoms with Crippen LogP contribution in [-0.4, -0.2) is 48.7 Å². The van der Waals surface area contributed by atoms with E-state index in [-0.39, 0.29) is 12.5 Å². The molecule has 1 aliphatic heterocycles. The highest BCUT2D eigenvalue weighted by Gasteiger charge is 2.24. The van der Waals surface area contributed by atoms with Gasteiger partial charge in [-0.15, -0.1) is 0 Å². The molecule has 1 saturated heterocycles. The zero-order valence-electron chi connectivity index (χ0n) is 16.0. The molecule has 0 spiro atoms. The molecule has 1 N–H and O–H groups in total. The monoisotopic (exact) mass is 383 g/mol. The van der Waals surface area contributed by atoms with Gasteiger partial charge in [-0.05, 0) is 61.1 Å². The highest BCUT2D eigenvalue weighted by Crippen LogP contribution is 2.24. The summed E-state index contributed by atoms with van der Waals surface area (Å²) in [7, 11) is 1.60. The van der Waals surface area contributed by atoms with Gasteiger partial charge in [0.2, 0.25) is 0 Å². The van der Waals surface area contributed by atoms with Crippen molar-refractivity contribution in [2.45, 2.75) is 19.3 Å². The van der Waals surface area contributed by atoms with E-state index < -0.39 is 5.97 Å². The van der Waals surface area contributed by atoms with E-state index in [1.807, 2.05) is 17.0 Å². The van der Waals surface area contributed by atoms with Gasteiger partial charge in [0.05, 0.1) is 12.7 Å². The number of ether oxygens (including phenoxy) is 2. The Morgan fingerprint density at radius 1 is 1.04 bits per heavy atom. The summed E-state index contributed by atoms with van der Waals surface area (Å²) < 4.78 is 10.7. The van der Waals surface area contributed by atoms with E-state index in [1.54, 1.807) is 43.5 Å². The number of likely N-dealkylation sites (tertiary alicyclic amines) is 1. The number of hydrogen-bond acceptors (Lipinski definition) is 4. The van der Waals surface area contributed by atoms with Gasteiger partial charge in [0.25, 0.3) is 5.91 Å². The van der Waals surface area contributed by atoms with Crippen LogP contribution in [-0.2, 0) is 11.2 Å². The lowest BCUT2D eigenvalue weighted by Gasteiger charge is -2.32. The van der Waals surface area contributed by atoms with E-state index in [2.05, 4.69) is 0 Å². The van der Waals surface area contributed by atoms with Crippen LogP contribution in [0.3, 0.4) is 0 Å². The first kappa shape index (κ1) is 19.7. The fourth-order valence-electron chi connectivity index (χ4n) is 3.51. The summed E-state index contributed by atoms with van der Waals surface area (Å²) in [5, 5.41) is 9.32. The molecule has 0 bridgehead atoms. The Kier molecular flexibility index (Phi) is 6.53. The Bertz CT molecular complexity index is 810. The number of rotatable bonds is 7. The first-order valence-electron chi connectivity index (χ1n) is 9.42. The Hall–Kier alpha value is -3.02. The van der Waals surface area contributed by atoms with E-state index >= 15 is 0 Å². The molecule has 0 aromatic heterocycles. The van der Waals surface area contributed by atoms with Crippen LogP contribution in [0.15, 0.2) is 48.5 Å². The summed E-state index contributed by atoms with van der Waals surface area (Å²) in [6.07, 6.45) is 2.46. The number of hydrogen-bond donors (Lipinski definition) is 1. The van der Waals surface area contributed by atoms with E-state index in [4.69, 9.17) is 9.47 Å². The third-order valence-electron chi connectivity index (χ3n) is 5.15. The van der Waals surface area contributed by atoms with E-state index in [1.165, 1.54) is 0 Å². The zero-order valence-corrected chi connectivity index (χ0v) is 16.0. The minimum atomic E-state index is -0.890. The molecule has 6 heteroatoms. The lowest BCUT2D eigenvalue weighted by Crippen LogP contribution is -2.41. The summed E-state index contributed by atoms with van der Waals surface area (Å²) in [5.41, 5.74) is 1.23. The van der Waals surface area contributed by atoms with Gasteiger partial charge in [-0.25, -0.2) is 4.79 Å². The van der Waals surface area contributed by atoms with Gasteiger partial charge in [-0.2, -0.15) is 0 Å². The molecule has 0 atom stereocenters. The molecule has 1 heterocycles. The predicted molar refractivity (Wildman–Crippen MR) is 105 cm³/mol. The van der Waals surface area contributed by atoms with Crippen molar-refractivity contribution in [3.05, 3.63) is 59.7 Å². The second-order valence-electron chi connectivity index (χ2n) is 6.95. The molecule has 1 amide bonds. The lowest BCUT2D eigenvalue weighted by atomic mass is 9.88. The molecule has 0 aliphatic carbocycles. The highest BCUT2D eigenvalue weighted by molar-refractivity contribution is 5.89. The van der Waals surface area contributed by atoms with E-state index in [9.17, 15) is 14.7 Å². The van der Waals surface area contributed by atoms with Crippen molar-refractivity contribution in [1.29, 1.82) is 0 Å². The van der Waals surface area contributed by atoms with Crippen LogP contribution in [0.25, 0.3) is 0 Å². The second kappa shape index (κ2) is 9.26. The van der Waals surface area contributed by atoms with Crippen LogP contribution in [0, 0.1) is 5.92 Å². The zero-order chi connectivity index (χ0) is 19.9. The summed E-state index contributed by atoms with van der Waals surface area (Å²) in [4.78, 5) is 25.6. The van der Waals surface area contributed by atoms with Crippen molar-refractivity contribution < 1.29 is 24.2 Å². The topological polar surface area (TPSA) is 76.1 Å². The molecule has 0 radical (unpaired) electrons. The normalized spacial score (nSPS) is 14.5. The molecule has 3 rings (SSSR count). The maximum Gasteiger partial charge on any atom is 0.335 e. The number of methoxy groups -OCH3 is 1. The van der Waals surface area contributed by atoms with Crippen molar-refractivity contribution in [3.8, 4) is 11.5 Å². The number of carboxylic acids is 1. The minimum Gasteiger partial charge on any atom is -0.497 e. The number of piperidine rings is 1. The molecule has 6 nitrogen and oxygen atoms in total. The summed E-state index contributed by atoms with van der Waals surface area (Å²) in [6, 6.07) is 14.3. The SMILES string of the molecule is COc1ccc(OCC(=O)N2CCC(Cc3ccccc3C(=O)O)CC2)cc1. The summed E-state index contributed by atoms with van der Waals surface area (Å²) in [5.74, 6) is 0.839. The first-order valence-corrected chi connectivity index (χ1v) is 9.42. The van der Waals surface area contributed by atoms with Gasteiger partial charge in [-0.3, -0.25) is 4.79 Å². The first-order chi connectivity index (χ1) is 13.6. The predicted octanol–water partition coefficient (Wildman–Crippen LogP) is 3.25. The van der Waals surface area contributed by atoms with Gasteiger partial charge in [0.1, 0.15) is 11.5 Å². The second-order valence-corrected chi connectivity index (χ2v) is 6.95. The molecule has 1 fully saturated rings. The number of amides is 1. The quantitative estimate of drug-likeness (QED) is 0.794. The Morgan fingerprint density at radius 3 is 2.32 bits per heavy atom. The number of aromatic carboxylic acids is 1. The maximum atomic E-state index is 12.4. The van der Waals surface area contributed by atoms with Crippen molar-refractivity contribution in [2.24, 2.45) is 5.92 Å². The number of carboxylic acid groups (broad SMARTS) is 1. The van der Waals surface area contributed by atoms with Crippen LogP contribution in [0.2, 0.25) is 0 Å². The fraction of sp³-hybridized carbons (Fsp3) is 0.364. The average molecular weight is 383 g/mol. The molecular formula is C22H25NO5. The fourth-order valence-corrected chi connectivity index (χ4v) is 3.51.